The molecular formula is C26H31N5O7. The first-order chi connectivity index (χ1) is 18.1. The minimum atomic E-state index is -1.35. The Balaban J connectivity index is 1.73. The van der Waals surface area contributed by atoms with Crippen molar-refractivity contribution in [2.24, 2.45) is 5.41 Å². The molecule has 0 radical (unpaired) electrons. The first-order valence-electron chi connectivity index (χ1n) is 12.0. The van der Waals surface area contributed by atoms with Crippen molar-refractivity contribution in [1.29, 1.82) is 0 Å². The third-order valence-corrected chi connectivity index (χ3v) is 6.46. The number of methoxy groups -OCH3 is 2. The molecule has 0 bridgehead atoms. The number of rotatable bonds is 8. The third kappa shape index (κ3) is 5.25. The number of hydrogen-bond donors (Lipinski definition) is 1. The van der Waals surface area contributed by atoms with Crippen molar-refractivity contribution in [1.82, 2.24) is 24.8 Å². The van der Waals surface area contributed by atoms with Gasteiger partial charge < -0.3 is 24.1 Å². The van der Waals surface area contributed by atoms with Gasteiger partial charge in [-0.1, -0.05) is 20.8 Å². The van der Waals surface area contributed by atoms with Crippen molar-refractivity contribution in [3.05, 3.63) is 42.7 Å². The first kappa shape index (κ1) is 26.9. The molecule has 2 aromatic heterocycles. The largest absolute Gasteiger partial charge is 0.497 e. The number of hydrogen-bond acceptors (Lipinski definition) is 9. The van der Waals surface area contributed by atoms with Gasteiger partial charge in [0.1, 0.15) is 36.0 Å². The van der Waals surface area contributed by atoms with Gasteiger partial charge in [-0.15, -0.1) is 0 Å². The van der Waals surface area contributed by atoms with E-state index < -0.39 is 35.7 Å². The Morgan fingerprint density at radius 3 is 2.58 bits per heavy atom. The zero-order chi connectivity index (χ0) is 27.6. The lowest BCUT2D eigenvalue weighted by molar-refractivity contribution is -0.157. The predicted octanol–water partition coefficient (Wildman–Crippen LogP) is 2.93. The van der Waals surface area contributed by atoms with Crippen LogP contribution in [-0.2, 0) is 14.3 Å². The number of carbonyl (C=O) groups excluding carboxylic acids is 2. The normalized spacial score (nSPS) is 18.7. The molecule has 12 nitrogen and oxygen atoms in total. The average Bonchev–Trinajstić information content (AvgIpc) is 3.56. The molecule has 1 saturated heterocycles. The number of nitrogens with zero attached hydrogens (tertiary/aromatic N) is 5. The average molecular weight is 526 g/mol. The fourth-order valence-electron chi connectivity index (χ4n) is 4.56. The summed E-state index contributed by atoms with van der Waals surface area (Å²) in [7, 11) is 2.80. The van der Waals surface area contributed by atoms with Gasteiger partial charge in [-0.25, -0.2) is 19.5 Å². The summed E-state index contributed by atoms with van der Waals surface area (Å²) >= 11 is 0. The summed E-state index contributed by atoms with van der Waals surface area (Å²) in [6.07, 6.45) is 2.15. The molecule has 12 heteroatoms. The summed E-state index contributed by atoms with van der Waals surface area (Å²) in [5, 5.41) is 17.3. The topological polar surface area (TPSA) is 136 Å². The van der Waals surface area contributed by atoms with Crippen molar-refractivity contribution < 1.29 is 33.7 Å². The maximum atomic E-state index is 12.7. The van der Waals surface area contributed by atoms with Crippen molar-refractivity contribution >= 4 is 29.3 Å². The third-order valence-electron chi connectivity index (χ3n) is 6.46. The van der Waals surface area contributed by atoms with E-state index in [1.807, 2.05) is 6.07 Å². The molecule has 3 heterocycles. The first-order valence-corrected chi connectivity index (χ1v) is 12.0. The van der Waals surface area contributed by atoms with E-state index >= 15 is 0 Å². The van der Waals surface area contributed by atoms with Crippen LogP contribution in [0.15, 0.2) is 42.7 Å². The van der Waals surface area contributed by atoms with Gasteiger partial charge in [-0.05, 0) is 23.6 Å². The Morgan fingerprint density at radius 1 is 1.24 bits per heavy atom. The smallest absolute Gasteiger partial charge is 0.422 e. The van der Waals surface area contributed by atoms with Crippen molar-refractivity contribution in [2.45, 2.75) is 45.4 Å². The molecule has 202 valence electrons. The highest BCUT2D eigenvalue weighted by atomic mass is 16.5. The van der Waals surface area contributed by atoms with E-state index in [1.54, 1.807) is 69.2 Å². The molecule has 1 fully saturated rings. The van der Waals surface area contributed by atoms with Crippen LogP contribution in [0.1, 0.15) is 27.2 Å². The summed E-state index contributed by atoms with van der Waals surface area (Å²) < 4.78 is 18.3. The maximum Gasteiger partial charge on any atom is 0.422 e. The zero-order valence-corrected chi connectivity index (χ0v) is 21.9. The van der Waals surface area contributed by atoms with Gasteiger partial charge in [0.25, 0.3) is 0 Å². The second kappa shape index (κ2) is 10.7. The monoisotopic (exact) mass is 525 g/mol. The summed E-state index contributed by atoms with van der Waals surface area (Å²) in [5.41, 5.74) is -0.119. The Hall–Kier alpha value is -4.19. The maximum absolute atomic E-state index is 12.7. The summed E-state index contributed by atoms with van der Waals surface area (Å²) in [6.45, 7) is 5.30. The number of pyridine rings is 1. The quantitative estimate of drug-likeness (QED) is 0.345. The molecule has 0 saturated carbocycles. The number of benzene rings is 1. The zero-order valence-electron chi connectivity index (χ0n) is 21.9. The summed E-state index contributed by atoms with van der Waals surface area (Å²) in [4.78, 5) is 41.8. The Morgan fingerprint density at radius 2 is 2.00 bits per heavy atom. The van der Waals surface area contributed by atoms with Gasteiger partial charge >= 0.3 is 12.1 Å². The molecule has 1 N–H and O–H groups in total. The highest BCUT2D eigenvalue weighted by molar-refractivity contribution is 5.87. The van der Waals surface area contributed by atoms with E-state index in [-0.39, 0.29) is 13.0 Å². The van der Waals surface area contributed by atoms with Gasteiger partial charge in [-0.2, -0.15) is 10.1 Å². The van der Waals surface area contributed by atoms with Crippen LogP contribution in [0.4, 0.5) is 4.79 Å². The van der Waals surface area contributed by atoms with E-state index in [9.17, 15) is 19.5 Å². The second-order valence-electron chi connectivity index (χ2n) is 10.0. The molecule has 3 aromatic rings. The summed E-state index contributed by atoms with van der Waals surface area (Å²) in [5.74, 6) is 0.974. The van der Waals surface area contributed by atoms with Crippen LogP contribution in [0, 0.1) is 5.41 Å². The highest BCUT2D eigenvalue weighted by Gasteiger charge is 2.48. The molecule has 1 aromatic carbocycles. The number of hydrazine groups is 1. The van der Waals surface area contributed by atoms with E-state index in [1.165, 1.54) is 12.1 Å². The molecular weight excluding hydrogens is 494 g/mol. The highest BCUT2D eigenvalue weighted by Crippen LogP contribution is 2.34. The Labute approximate surface area is 219 Å². The number of carboxylic acid groups (broad SMARTS) is 1. The lowest BCUT2D eigenvalue weighted by Crippen LogP contribution is -2.59. The lowest BCUT2D eigenvalue weighted by Gasteiger charge is -2.41. The van der Waals surface area contributed by atoms with Crippen molar-refractivity contribution in [3.8, 4) is 17.3 Å². The number of ether oxygens (including phenoxy) is 3. The molecule has 1 aliphatic rings. The number of fused-ring (bicyclic) bond motifs is 1. The number of aromatic nitrogens is 3. The lowest BCUT2D eigenvalue weighted by atomic mass is 9.87. The summed E-state index contributed by atoms with van der Waals surface area (Å²) in [6, 6.07) is 6.88. The molecule has 1 aliphatic heterocycles. The molecule has 1 amide bonds. The second-order valence-corrected chi connectivity index (χ2v) is 10.0. The number of aldehydes is 1. The van der Waals surface area contributed by atoms with Gasteiger partial charge in [-0.3, -0.25) is 4.79 Å². The molecule has 0 spiro atoms. The Bertz CT molecular complexity index is 1320. The van der Waals surface area contributed by atoms with E-state index in [0.717, 1.165) is 5.01 Å². The number of esters is 1. The molecule has 0 unspecified atom stereocenters. The molecule has 38 heavy (non-hydrogen) atoms. The van der Waals surface area contributed by atoms with Crippen LogP contribution in [0.3, 0.4) is 0 Å². The van der Waals surface area contributed by atoms with E-state index in [2.05, 4.69) is 10.1 Å². The Kier molecular flexibility index (Phi) is 7.53. The van der Waals surface area contributed by atoms with E-state index in [0.29, 0.717) is 34.5 Å². The minimum absolute atomic E-state index is 0.0313. The van der Waals surface area contributed by atoms with Gasteiger partial charge in [0, 0.05) is 36.3 Å². The SMILES string of the molecule is COC(=O)[C@@H]1C[C@@H](Oc2cc(-n3cccn3)nc3cc(OC)ccc23)CN1N(C(=O)O)[C@H](C=O)C(C)(C)C. The number of carbonyl (C=O) groups is 3. The fraction of sp³-hybridized carbons (Fsp3) is 0.423. The van der Waals surface area contributed by atoms with Gasteiger partial charge in [0.2, 0.25) is 0 Å². The van der Waals surface area contributed by atoms with Crippen LogP contribution >= 0.6 is 0 Å². The fourth-order valence-corrected chi connectivity index (χ4v) is 4.56. The van der Waals surface area contributed by atoms with Gasteiger partial charge in [0.15, 0.2) is 5.82 Å². The van der Waals surface area contributed by atoms with Crippen LogP contribution < -0.4 is 9.47 Å². The minimum Gasteiger partial charge on any atom is -0.497 e. The predicted molar refractivity (Wildman–Crippen MR) is 136 cm³/mol. The molecule has 0 aliphatic carbocycles. The van der Waals surface area contributed by atoms with Crippen LogP contribution in [0.25, 0.3) is 16.7 Å². The van der Waals surface area contributed by atoms with E-state index in [4.69, 9.17) is 14.2 Å². The van der Waals surface area contributed by atoms with Crippen LogP contribution in [0.2, 0.25) is 0 Å². The van der Waals surface area contributed by atoms with Crippen LogP contribution in [0.5, 0.6) is 11.5 Å². The van der Waals surface area contributed by atoms with Gasteiger partial charge in [0.05, 0.1) is 26.3 Å². The standard InChI is InChI=1S/C26H31N5O7/c1-26(2,3)22(15-32)31(25(34)35)30-14-17(12-20(30)24(33)37-5)38-21-13-23(29-10-6-9-27-29)28-19-11-16(36-4)7-8-18(19)21/h6-11,13,15,17,20,22H,12,14H2,1-5H3,(H,34,35)/t17-,20+,22-/m1/s1. The van der Waals surface area contributed by atoms with Crippen LogP contribution in [-0.4, -0.2) is 87.2 Å². The number of amides is 1. The van der Waals surface area contributed by atoms with Crippen molar-refractivity contribution in [2.75, 3.05) is 20.8 Å². The van der Waals surface area contributed by atoms with Crippen molar-refractivity contribution in [3.63, 3.8) is 0 Å². The molecule has 4 rings (SSSR count). The molecule has 3 atom stereocenters.